The maximum Gasteiger partial charge on any atom is 0.262 e. The highest BCUT2D eigenvalue weighted by Crippen LogP contribution is 2.37. The first-order valence-electron chi connectivity index (χ1n) is 7.72. The number of aromatic nitrogens is 2. The van der Waals surface area contributed by atoms with Gasteiger partial charge in [-0.25, -0.2) is 8.78 Å². The van der Waals surface area contributed by atoms with Crippen LogP contribution in [0, 0.1) is 13.8 Å². The zero-order valence-corrected chi connectivity index (χ0v) is 13.2. The number of halogens is 2. The molecule has 2 saturated heterocycles. The van der Waals surface area contributed by atoms with Crippen molar-refractivity contribution in [3.63, 3.8) is 0 Å². The Labute approximate surface area is 128 Å². The number of likely N-dealkylation sites (tertiary alicyclic amines) is 1. The van der Waals surface area contributed by atoms with Gasteiger partial charge in [-0.15, -0.1) is 0 Å². The largest absolute Gasteiger partial charge is 0.334 e. The van der Waals surface area contributed by atoms with Crippen LogP contribution in [0.15, 0.2) is 0 Å². The maximum absolute atomic E-state index is 13.3. The number of amides is 1. The lowest BCUT2D eigenvalue weighted by atomic mass is 10.0. The molecule has 3 rings (SSSR count). The lowest BCUT2D eigenvalue weighted by Crippen LogP contribution is -2.43. The van der Waals surface area contributed by atoms with Gasteiger partial charge in [0, 0.05) is 31.3 Å². The fraction of sp³-hybridized carbons (Fsp3) is 0.733. The number of aryl methyl sites for hydroxylation is 2. The summed E-state index contributed by atoms with van der Waals surface area (Å²) in [5.41, 5.74) is 3.01. The van der Waals surface area contributed by atoms with E-state index in [1.807, 2.05) is 25.6 Å². The van der Waals surface area contributed by atoms with Crippen LogP contribution in [-0.4, -0.2) is 45.6 Å². The molecular weight excluding hydrogens is 290 g/mol. The van der Waals surface area contributed by atoms with Crippen LogP contribution in [0.1, 0.15) is 42.3 Å². The van der Waals surface area contributed by atoms with Crippen molar-refractivity contribution in [1.29, 1.82) is 0 Å². The topological polar surface area (TPSA) is 50.2 Å². The van der Waals surface area contributed by atoms with Crippen LogP contribution in [-0.2, 0) is 11.8 Å². The van der Waals surface area contributed by atoms with Gasteiger partial charge in [-0.2, -0.15) is 5.10 Å². The molecule has 0 bridgehead atoms. The van der Waals surface area contributed by atoms with Gasteiger partial charge in [0.1, 0.15) is 0 Å². The van der Waals surface area contributed by atoms with E-state index >= 15 is 0 Å². The van der Waals surface area contributed by atoms with Crippen molar-refractivity contribution in [3.05, 3.63) is 17.0 Å². The molecule has 1 N–H and O–H groups in total. The van der Waals surface area contributed by atoms with E-state index in [9.17, 15) is 13.6 Å². The van der Waals surface area contributed by atoms with E-state index in [-0.39, 0.29) is 11.9 Å². The Morgan fingerprint density at radius 1 is 1.41 bits per heavy atom. The van der Waals surface area contributed by atoms with Crippen molar-refractivity contribution in [2.75, 3.05) is 13.1 Å². The molecule has 22 heavy (non-hydrogen) atoms. The second kappa shape index (κ2) is 5.30. The van der Waals surface area contributed by atoms with Crippen LogP contribution in [0.4, 0.5) is 8.78 Å². The van der Waals surface area contributed by atoms with Crippen molar-refractivity contribution in [1.82, 2.24) is 20.0 Å². The molecule has 2 unspecified atom stereocenters. The molecule has 0 radical (unpaired) electrons. The minimum absolute atomic E-state index is 0.0442. The van der Waals surface area contributed by atoms with Gasteiger partial charge in [-0.3, -0.25) is 14.8 Å². The molecule has 2 aliphatic rings. The Morgan fingerprint density at radius 3 is 2.68 bits per heavy atom. The first kappa shape index (κ1) is 15.4. The third-order valence-electron chi connectivity index (χ3n) is 4.84. The molecule has 2 atom stereocenters. The molecule has 2 aliphatic heterocycles. The summed E-state index contributed by atoms with van der Waals surface area (Å²) in [6, 6.07) is -0.815. The molecular formula is C15H22F2N4O. The number of nitrogens with zero attached hydrogens (tertiary/aromatic N) is 3. The summed E-state index contributed by atoms with van der Waals surface area (Å²) in [5, 5.41) is 7.08. The maximum atomic E-state index is 13.3. The number of carbonyl (C=O) groups excluding carboxylic acids is 1. The molecule has 122 valence electrons. The highest BCUT2D eigenvalue weighted by molar-refractivity contribution is 5.83. The van der Waals surface area contributed by atoms with E-state index in [2.05, 4.69) is 10.4 Å². The van der Waals surface area contributed by atoms with Crippen LogP contribution >= 0.6 is 0 Å². The molecule has 2 fully saturated rings. The quantitative estimate of drug-likeness (QED) is 0.904. The highest BCUT2D eigenvalue weighted by atomic mass is 19.3. The molecule has 0 aliphatic carbocycles. The van der Waals surface area contributed by atoms with Gasteiger partial charge >= 0.3 is 0 Å². The minimum atomic E-state index is -2.78. The summed E-state index contributed by atoms with van der Waals surface area (Å²) < 4.78 is 28.5. The Kier molecular flexibility index (Phi) is 3.71. The fourth-order valence-electron chi connectivity index (χ4n) is 3.69. The molecule has 0 saturated carbocycles. The van der Waals surface area contributed by atoms with Gasteiger partial charge in [-0.1, -0.05) is 0 Å². The summed E-state index contributed by atoms with van der Waals surface area (Å²) >= 11 is 0. The molecule has 0 spiro atoms. The van der Waals surface area contributed by atoms with E-state index in [0.29, 0.717) is 6.54 Å². The first-order valence-corrected chi connectivity index (χ1v) is 7.72. The number of hydrogen-bond donors (Lipinski definition) is 1. The van der Waals surface area contributed by atoms with E-state index in [1.165, 1.54) is 0 Å². The number of rotatable bonds is 2. The third kappa shape index (κ3) is 2.51. The number of nitrogens with one attached hydrogen (secondary N) is 1. The average Bonchev–Trinajstić information content (AvgIpc) is 3.09. The highest BCUT2D eigenvalue weighted by Gasteiger charge is 2.45. The van der Waals surface area contributed by atoms with Crippen LogP contribution in [0.5, 0.6) is 0 Å². The van der Waals surface area contributed by atoms with Crippen molar-refractivity contribution in [2.24, 2.45) is 7.05 Å². The standard InChI is InChI=1S/C15H22F2N4O/c1-9-13(10(2)20(3)19-9)12-5-4-6-21(12)14(22)11-7-15(16,17)8-18-11/h11-12,18H,4-8H2,1-3H3. The zero-order chi connectivity index (χ0) is 16.1. The van der Waals surface area contributed by atoms with Crippen molar-refractivity contribution >= 4 is 5.91 Å². The summed E-state index contributed by atoms with van der Waals surface area (Å²) in [5.74, 6) is -2.99. The predicted molar refractivity (Wildman–Crippen MR) is 77.7 cm³/mol. The predicted octanol–water partition coefficient (Wildman–Crippen LogP) is 1.70. The Balaban J connectivity index is 1.83. The van der Waals surface area contributed by atoms with Crippen LogP contribution < -0.4 is 5.32 Å². The van der Waals surface area contributed by atoms with Gasteiger partial charge in [0.2, 0.25) is 5.91 Å². The SMILES string of the molecule is Cc1nn(C)c(C)c1C1CCCN1C(=O)C1CC(F)(F)CN1. The smallest absolute Gasteiger partial charge is 0.262 e. The lowest BCUT2D eigenvalue weighted by Gasteiger charge is -2.28. The van der Waals surface area contributed by atoms with Crippen LogP contribution in [0.25, 0.3) is 0 Å². The van der Waals surface area contributed by atoms with Gasteiger partial charge in [0.25, 0.3) is 5.92 Å². The Bertz CT molecular complexity index is 599. The van der Waals surface area contributed by atoms with Gasteiger partial charge in [0.15, 0.2) is 0 Å². The second-order valence-corrected chi connectivity index (χ2v) is 6.39. The Morgan fingerprint density at radius 2 is 2.14 bits per heavy atom. The molecule has 5 nitrogen and oxygen atoms in total. The van der Waals surface area contributed by atoms with Crippen molar-refractivity contribution < 1.29 is 13.6 Å². The summed E-state index contributed by atoms with van der Waals surface area (Å²) in [7, 11) is 1.88. The van der Waals surface area contributed by atoms with Gasteiger partial charge in [-0.05, 0) is 26.7 Å². The zero-order valence-electron chi connectivity index (χ0n) is 13.2. The van der Waals surface area contributed by atoms with E-state index in [0.717, 1.165) is 29.8 Å². The van der Waals surface area contributed by atoms with E-state index in [4.69, 9.17) is 0 Å². The molecule has 7 heteroatoms. The van der Waals surface area contributed by atoms with Crippen molar-refractivity contribution in [3.8, 4) is 0 Å². The molecule has 3 heterocycles. The van der Waals surface area contributed by atoms with Gasteiger partial charge in [0.05, 0.1) is 24.3 Å². The van der Waals surface area contributed by atoms with E-state index in [1.54, 1.807) is 4.90 Å². The molecule has 1 aromatic rings. The third-order valence-corrected chi connectivity index (χ3v) is 4.84. The minimum Gasteiger partial charge on any atom is -0.334 e. The summed E-state index contributed by atoms with van der Waals surface area (Å²) in [4.78, 5) is 14.4. The number of alkyl halides is 2. The van der Waals surface area contributed by atoms with Crippen molar-refractivity contribution in [2.45, 2.75) is 51.1 Å². The van der Waals surface area contributed by atoms with Gasteiger partial charge < -0.3 is 4.90 Å². The number of hydrogen-bond acceptors (Lipinski definition) is 3. The average molecular weight is 312 g/mol. The normalized spacial score (nSPS) is 27.6. The summed E-state index contributed by atoms with van der Waals surface area (Å²) in [6.07, 6.45) is 1.36. The molecule has 1 aromatic heterocycles. The van der Waals surface area contributed by atoms with Crippen LogP contribution in [0.2, 0.25) is 0 Å². The first-order chi connectivity index (χ1) is 10.3. The number of carbonyl (C=O) groups is 1. The lowest BCUT2D eigenvalue weighted by molar-refractivity contribution is -0.134. The van der Waals surface area contributed by atoms with Crippen LogP contribution in [0.3, 0.4) is 0 Å². The Hall–Kier alpha value is -1.50. The fourth-order valence-corrected chi connectivity index (χ4v) is 3.69. The van der Waals surface area contributed by atoms with E-state index < -0.39 is 24.9 Å². The second-order valence-electron chi connectivity index (χ2n) is 6.39. The molecule has 1 amide bonds. The monoisotopic (exact) mass is 312 g/mol. The summed E-state index contributed by atoms with van der Waals surface area (Å²) in [6.45, 7) is 4.14. The molecule has 0 aromatic carbocycles.